The number of alkyl halides is 2. The Morgan fingerprint density at radius 2 is 1.73 bits per heavy atom. The Morgan fingerprint density at radius 1 is 1.00 bits per heavy atom. The highest BCUT2D eigenvalue weighted by atomic mass is 35.5. The smallest absolute Gasteiger partial charge is 0.324 e. The van der Waals surface area contributed by atoms with Crippen LogP contribution in [0.3, 0.4) is 0 Å². The van der Waals surface area contributed by atoms with Gasteiger partial charge in [0, 0.05) is 18.6 Å². The first-order valence-electron chi connectivity index (χ1n) is 11.4. The van der Waals surface area contributed by atoms with Crippen LogP contribution in [0.2, 0.25) is 5.02 Å². The molecule has 0 aliphatic heterocycles. The van der Waals surface area contributed by atoms with E-state index in [9.17, 15) is 31.5 Å². The highest BCUT2D eigenvalue weighted by Gasteiger charge is 2.19. The van der Waals surface area contributed by atoms with Crippen molar-refractivity contribution in [3.05, 3.63) is 91.6 Å². The van der Waals surface area contributed by atoms with Crippen LogP contribution >= 0.6 is 11.6 Å². The fourth-order valence-electron chi connectivity index (χ4n) is 3.93. The summed E-state index contributed by atoms with van der Waals surface area (Å²) in [4.78, 5) is 34.2. The van der Waals surface area contributed by atoms with E-state index >= 15 is 0 Å². The summed E-state index contributed by atoms with van der Waals surface area (Å²) in [5, 5.41) is 11.2. The topological polar surface area (TPSA) is 117 Å². The van der Waals surface area contributed by atoms with Crippen LogP contribution in [0.25, 0.3) is 10.9 Å². The molecule has 11 nitrogen and oxygen atoms in total. The molecule has 17 heteroatoms. The summed E-state index contributed by atoms with van der Waals surface area (Å²) in [6.45, 7) is -1.55. The third-order valence-corrected chi connectivity index (χ3v) is 6.01. The zero-order valence-corrected chi connectivity index (χ0v) is 21.1. The molecule has 1 N–H and O–H groups in total. The number of hydrogen-bond acceptors (Lipinski definition) is 7. The second-order valence-corrected chi connectivity index (χ2v) is 9.05. The third-order valence-electron chi connectivity index (χ3n) is 5.69. The van der Waals surface area contributed by atoms with Crippen molar-refractivity contribution in [2.45, 2.75) is 26.1 Å². The van der Waals surface area contributed by atoms with Gasteiger partial charge in [-0.3, -0.25) is 13.9 Å². The Morgan fingerprint density at radius 3 is 2.38 bits per heavy atom. The van der Waals surface area contributed by atoms with Crippen molar-refractivity contribution in [3.63, 3.8) is 0 Å². The van der Waals surface area contributed by atoms with Gasteiger partial charge in [0.15, 0.2) is 23.3 Å². The fraction of sp³-hybridized carbons (Fsp3) is 0.217. The average molecular weight is 582 g/mol. The molecular weight excluding hydrogens is 565 g/mol. The zero-order valence-electron chi connectivity index (χ0n) is 20.3. The number of fused-ring (bicyclic) bond motifs is 1. The first-order chi connectivity index (χ1) is 19.0. The predicted octanol–water partition coefficient (Wildman–Crippen LogP) is 3.06. The molecule has 0 unspecified atom stereocenters. The number of halogens is 6. The van der Waals surface area contributed by atoms with Gasteiger partial charge >= 0.3 is 11.4 Å². The predicted molar refractivity (Wildman–Crippen MR) is 132 cm³/mol. The first-order valence-corrected chi connectivity index (χ1v) is 11.8. The van der Waals surface area contributed by atoms with Crippen LogP contribution in [0, 0.1) is 17.5 Å². The Bertz CT molecular complexity index is 1840. The van der Waals surface area contributed by atoms with Crippen molar-refractivity contribution < 1.29 is 22.0 Å². The van der Waals surface area contributed by atoms with Gasteiger partial charge in [-0.2, -0.15) is 15.2 Å². The molecule has 0 spiro atoms. The number of aromatic nitrogens is 8. The lowest BCUT2D eigenvalue weighted by Crippen LogP contribution is -2.43. The first kappa shape index (κ1) is 27.0. The normalized spacial score (nSPS) is 11.6. The molecule has 208 valence electrons. The summed E-state index contributed by atoms with van der Waals surface area (Å²) in [5.74, 6) is -4.90. The van der Waals surface area contributed by atoms with Crippen molar-refractivity contribution in [3.8, 4) is 0 Å². The largest absolute Gasteiger partial charge is 0.355 e. The number of benzene rings is 2. The average Bonchev–Trinajstić information content (AvgIpc) is 3.46. The Hall–Kier alpha value is -4.60. The molecule has 0 fully saturated rings. The van der Waals surface area contributed by atoms with Gasteiger partial charge in [-0.25, -0.2) is 41.1 Å². The molecule has 40 heavy (non-hydrogen) atoms. The lowest BCUT2D eigenvalue weighted by atomic mass is 10.2. The van der Waals surface area contributed by atoms with Crippen LogP contribution in [0.4, 0.5) is 33.6 Å². The number of hydrogen-bond donors (Lipinski definition) is 1. The van der Waals surface area contributed by atoms with Crippen molar-refractivity contribution in [1.82, 2.24) is 38.7 Å². The summed E-state index contributed by atoms with van der Waals surface area (Å²) in [5.41, 5.74) is -1.69. The highest BCUT2D eigenvalue weighted by Crippen LogP contribution is 2.29. The Kier molecular flexibility index (Phi) is 7.10. The van der Waals surface area contributed by atoms with Gasteiger partial charge in [-0.05, 0) is 29.8 Å². The minimum absolute atomic E-state index is 0.0383. The third kappa shape index (κ3) is 5.42. The molecule has 0 saturated carbocycles. The van der Waals surface area contributed by atoms with Gasteiger partial charge < -0.3 is 5.32 Å². The summed E-state index contributed by atoms with van der Waals surface area (Å²) < 4.78 is 70.9. The van der Waals surface area contributed by atoms with E-state index in [0.29, 0.717) is 27.6 Å². The standard InChI is InChI=1S/C23H17ClF5N9O2/c1-35-10-30-19(34-35)9-38-22(39)32-21(37(23(38)40)6-11-2-14(25)20(29)15(26)3-11)31-17-4-12-7-36(8-18(27)28)33-16(12)5-13(17)24/h2-5,7,10,18H,6,8-9H2,1H3,(H,31,32,39). The molecule has 0 aliphatic carbocycles. The van der Waals surface area contributed by atoms with Crippen LogP contribution in [0.5, 0.6) is 0 Å². The van der Waals surface area contributed by atoms with E-state index < -0.39 is 48.3 Å². The SMILES string of the molecule is Cn1cnc(Cn2c(=O)nc(Nc3cc4cn(CC(F)F)nc4cc3Cl)n(Cc3cc(F)c(F)c(F)c3)c2=O)n1. The summed E-state index contributed by atoms with van der Waals surface area (Å²) >= 11 is 6.34. The maximum atomic E-state index is 13.9. The molecule has 0 radical (unpaired) electrons. The molecule has 0 aliphatic rings. The minimum atomic E-state index is -2.64. The van der Waals surface area contributed by atoms with Gasteiger partial charge in [0.1, 0.15) is 12.9 Å². The van der Waals surface area contributed by atoms with Crippen LogP contribution < -0.4 is 16.7 Å². The maximum absolute atomic E-state index is 13.9. The Labute approximate surface area is 225 Å². The van der Waals surface area contributed by atoms with E-state index in [1.54, 1.807) is 7.05 Å². The lowest BCUT2D eigenvalue weighted by Gasteiger charge is -2.16. The number of rotatable bonds is 8. The number of nitrogens with zero attached hydrogens (tertiary/aromatic N) is 8. The van der Waals surface area contributed by atoms with E-state index in [1.807, 2.05) is 0 Å². The molecule has 5 aromatic rings. The molecule has 3 heterocycles. The summed E-state index contributed by atoms with van der Waals surface area (Å²) in [7, 11) is 1.58. The Balaban J connectivity index is 1.60. The minimum Gasteiger partial charge on any atom is -0.324 e. The summed E-state index contributed by atoms with van der Waals surface area (Å²) in [6.07, 6.45) is 0.0641. The van der Waals surface area contributed by atoms with Gasteiger partial charge in [0.25, 0.3) is 6.43 Å². The van der Waals surface area contributed by atoms with Crippen molar-refractivity contribution >= 4 is 34.1 Å². The van der Waals surface area contributed by atoms with E-state index in [4.69, 9.17) is 11.6 Å². The molecule has 2 aromatic carbocycles. The van der Waals surface area contributed by atoms with Crippen molar-refractivity contribution in [1.29, 1.82) is 0 Å². The van der Waals surface area contributed by atoms with E-state index in [2.05, 4.69) is 25.5 Å². The van der Waals surface area contributed by atoms with E-state index in [0.717, 1.165) is 9.25 Å². The van der Waals surface area contributed by atoms with E-state index in [-0.39, 0.29) is 34.6 Å². The molecule has 0 bridgehead atoms. The van der Waals surface area contributed by atoms with Crippen molar-refractivity contribution in [2.75, 3.05) is 5.32 Å². The van der Waals surface area contributed by atoms with Crippen LogP contribution in [0.15, 0.2) is 46.4 Å². The number of anilines is 2. The molecule has 0 atom stereocenters. The van der Waals surface area contributed by atoms with Gasteiger partial charge in [-0.15, -0.1) is 0 Å². The van der Waals surface area contributed by atoms with Crippen LogP contribution in [-0.2, 0) is 26.7 Å². The molecule has 0 saturated heterocycles. The molecule has 0 amide bonds. The number of nitrogens with one attached hydrogen (secondary N) is 1. The quantitative estimate of drug-likeness (QED) is 0.221. The molecule has 3 aromatic heterocycles. The van der Waals surface area contributed by atoms with Gasteiger partial charge in [-0.1, -0.05) is 11.6 Å². The highest BCUT2D eigenvalue weighted by molar-refractivity contribution is 6.34. The maximum Gasteiger partial charge on any atom is 0.355 e. The second kappa shape index (κ2) is 10.5. The van der Waals surface area contributed by atoms with Gasteiger partial charge in [0.2, 0.25) is 5.95 Å². The van der Waals surface area contributed by atoms with Crippen molar-refractivity contribution in [2.24, 2.45) is 7.05 Å². The van der Waals surface area contributed by atoms with Crippen LogP contribution in [-0.4, -0.2) is 45.1 Å². The number of aryl methyl sites for hydroxylation is 1. The van der Waals surface area contributed by atoms with Crippen LogP contribution in [0.1, 0.15) is 11.4 Å². The van der Waals surface area contributed by atoms with E-state index in [1.165, 1.54) is 29.3 Å². The molecule has 5 rings (SSSR count). The monoisotopic (exact) mass is 581 g/mol. The zero-order chi connectivity index (χ0) is 28.7. The second-order valence-electron chi connectivity index (χ2n) is 8.64. The molecular formula is C23H17ClF5N9O2. The lowest BCUT2D eigenvalue weighted by molar-refractivity contribution is 0.122. The fourth-order valence-corrected chi connectivity index (χ4v) is 4.14. The van der Waals surface area contributed by atoms with Gasteiger partial charge in [0.05, 0.1) is 29.3 Å². The summed E-state index contributed by atoms with van der Waals surface area (Å²) in [6, 6.07) is 4.20.